The van der Waals surface area contributed by atoms with Crippen LogP contribution in [0.2, 0.25) is 0 Å². The van der Waals surface area contributed by atoms with Crippen molar-refractivity contribution in [1.82, 2.24) is 10.2 Å². The Labute approximate surface area is 195 Å². The molecule has 3 aromatic carbocycles. The van der Waals surface area contributed by atoms with Crippen molar-refractivity contribution in [3.8, 4) is 11.5 Å². The standard InChI is InChI=1S/C22H18N4O6S2/c1-33(28,29)19-10-6-5-9-18(19)21-24-25-22(32-21)23-20(27)15-11-13-16(14-12-15)26-34(30,31)17-7-3-2-4-8-17/h2-14,26H,1H3,(H,23,25,27). The number of hydrogen-bond donors (Lipinski definition) is 2. The molecule has 0 fully saturated rings. The van der Waals surface area contributed by atoms with E-state index in [-0.39, 0.29) is 38.5 Å². The molecule has 12 heteroatoms. The lowest BCUT2D eigenvalue weighted by molar-refractivity contribution is 0.102. The van der Waals surface area contributed by atoms with E-state index < -0.39 is 25.8 Å². The predicted molar refractivity (Wildman–Crippen MR) is 124 cm³/mol. The van der Waals surface area contributed by atoms with E-state index >= 15 is 0 Å². The third-order valence-corrected chi connectivity index (χ3v) is 7.17. The monoisotopic (exact) mass is 498 g/mol. The first-order valence-electron chi connectivity index (χ1n) is 9.76. The number of nitrogens with zero attached hydrogens (tertiary/aromatic N) is 2. The quantitative estimate of drug-likeness (QED) is 0.395. The highest BCUT2D eigenvalue weighted by atomic mass is 32.2. The molecule has 0 unspecified atom stereocenters. The van der Waals surface area contributed by atoms with Gasteiger partial charge >= 0.3 is 6.01 Å². The van der Waals surface area contributed by atoms with Crippen LogP contribution in [-0.2, 0) is 19.9 Å². The maximum Gasteiger partial charge on any atom is 0.322 e. The molecule has 0 aliphatic heterocycles. The molecule has 1 heterocycles. The van der Waals surface area contributed by atoms with Crippen LogP contribution in [0.3, 0.4) is 0 Å². The molecule has 2 N–H and O–H groups in total. The van der Waals surface area contributed by atoms with Gasteiger partial charge in [-0.15, -0.1) is 5.10 Å². The minimum Gasteiger partial charge on any atom is -0.403 e. The van der Waals surface area contributed by atoms with E-state index in [0.717, 1.165) is 6.26 Å². The molecule has 174 valence electrons. The van der Waals surface area contributed by atoms with Crippen LogP contribution in [0.4, 0.5) is 11.7 Å². The van der Waals surface area contributed by atoms with Crippen LogP contribution in [0.25, 0.3) is 11.5 Å². The second-order valence-electron chi connectivity index (χ2n) is 7.13. The van der Waals surface area contributed by atoms with Gasteiger partial charge in [0.25, 0.3) is 21.8 Å². The first-order valence-corrected chi connectivity index (χ1v) is 13.1. The highest BCUT2D eigenvalue weighted by molar-refractivity contribution is 7.92. The van der Waals surface area contributed by atoms with E-state index in [1.807, 2.05) is 0 Å². The lowest BCUT2D eigenvalue weighted by Gasteiger charge is -2.08. The van der Waals surface area contributed by atoms with Gasteiger partial charge in [0.15, 0.2) is 9.84 Å². The Balaban J connectivity index is 1.47. The lowest BCUT2D eigenvalue weighted by Crippen LogP contribution is -2.14. The van der Waals surface area contributed by atoms with E-state index in [2.05, 4.69) is 20.2 Å². The largest absolute Gasteiger partial charge is 0.403 e. The Morgan fingerprint density at radius 2 is 1.47 bits per heavy atom. The van der Waals surface area contributed by atoms with Crippen molar-refractivity contribution in [2.24, 2.45) is 0 Å². The van der Waals surface area contributed by atoms with Crippen LogP contribution in [0.1, 0.15) is 10.4 Å². The van der Waals surface area contributed by atoms with E-state index in [1.54, 1.807) is 30.3 Å². The van der Waals surface area contributed by atoms with Crippen LogP contribution in [0.5, 0.6) is 0 Å². The molecule has 0 saturated heterocycles. The summed E-state index contributed by atoms with van der Waals surface area (Å²) >= 11 is 0. The zero-order valence-electron chi connectivity index (χ0n) is 17.7. The maximum atomic E-state index is 12.5. The summed E-state index contributed by atoms with van der Waals surface area (Å²) in [4.78, 5) is 12.7. The SMILES string of the molecule is CS(=O)(=O)c1ccccc1-c1nnc(NC(=O)c2ccc(NS(=O)(=O)c3ccccc3)cc2)o1. The summed E-state index contributed by atoms with van der Waals surface area (Å²) < 4.78 is 56.7. The fraction of sp³-hybridized carbons (Fsp3) is 0.0455. The summed E-state index contributed by atoms with van der Waals surface area (Å²) in [5.41, 5.74) is 0.699. The Bertz CT molecular complexity index is 1550. The summed E-state index contributed by atoms with van der Waals surface area (Å²) in [6, 6.07) is 19.5. The second kappa shape index (κ2) is 9.08. The van der Waals surface area contributed by atoms with Gasteiger partial charge in [-0.2, -0.15) is 0 Å². The van der Waals surface area contributed by atoms with Crippen LogP contribution in [0, 0.1) is 0 Å². The molecular weight excluding hydrogens is 480 g/mol. The van der Waals surface area contributed by atoms with Crippen LogP contribution < -0.4 is 10.0 Å². The van der Waals surface area contributed by atoms with Gasteiger partial charge < -0.3 is 4.42 Å². The van der Waals surface area contributed by atoms with Crippen LogP contribution >= 0.6 is 0 Å². The van der Waals surface area contributed by atoms with E-state index in [4.69, 9.17) is 4.42 Å². The van der Waals surface area contributed by atoms with Gasteiger partial charge in [-0.1, -0.05) is 35.4 Å². The third-order valence-electron chi connectivity index (χ3n) is 4.62. The number of carbonyl (C=O) groups is 1. The van der Waals surface area contributed by atoms with Crippen molar-refractivity contribution >= 4 is 37.5 Å². The second-order valence-corrected chi connectivity index (χ2v) is 10.8. The number of nitrogens with one attached hydrogen (secondary N) is 2. The maximum absolute atomic E-state index is 12.5. The molecule has 4 aromatic rings. The van der Waals surface area contributed by atoms with Crippen LogP contribution in [-0.4, -0.2) is 39.2 Å². The molecule has 0 saturated carbocycles. The van der Waals surface area contributed by atoms with Gasteiger partial charge in [-0.25, -0.2) is 16.8 Å². The highest BCUT2D eigenvalue weighted by Gasteiger charge is 2.20. The molecule has 0 bridgehead atoms. The van der Waals surface area contributed by atoms with E-state index in [9.17, 15) is 21.6 Å². The summed E-state index contributed by atoms with van der Waals surface area (Å²) in [6.45, 7) is 0. The fourth-order valence-corrected chi connectivity index (χ4v) is 4.98. The average molecular weight is 499 g/mol. The summed E-state index contributed by atoms with van der Waals surface area (Å²) in [5, 5.41) is 10.00. The molecule has 1 amide bonds. The molecule has 0 spiro atoms. The molecule has 10 nitrogen and oxygen atoms in total. The molecule has 0 radical (unpaired) electrons. The number of benzene rings is 3. The van der Waals surface area contributed by atoms with Gasteiger partial charge in [0.2, 0.25) is 0 Å². The number of sulfone groups is 1. The van der Waals surface area contributed by atoms with Gasteiger partial charge in [0.1, 0.15) is 0 Å². The molecule has 34 heavy (non-hydrogen) atoms. The van der Waals surface area contributed by atoms with Gasteiger partial charge in [0.05, 0.1) is 15.4 Å². The zero-order valence-corrected chi connectivity index (χ0v) is 19.3. The number of aromatic nitrogens is 2. The van der Waals surface area contributed by atoms with Gasteiger partial charge in [-0.05, 0) is 48.5 Å². The first kappa shape index (κ1) is 23.1. The first-order chi connectivity index (χ1) is 16.1. The van der Waals surface area contributed by atoms with Crippen molar-refractivity contribution in [3.05, 3.63) is 84.4 Å². The predicted octanol–water partition coefficient (Wildman–Crippen LogP) is 3.19. The number of amides is 1. The Morgan fingerprint density at radius 3 is 2.15 bits per heavy atom. The van der Waals surface area contributed by atoms with Crippen molar-refractivity contribution in [2.45, 2.75) is 9.79 Å². The number of rotatable bonds is 7. The van der Waals surface area contributed by atoms with Crippen LogP contribution in [0.15, 0.2) is 93.1 Å². The lowest BCUT2D eigenvalue weighted by atomic mass is 10.2. The van der Waals surface area contributed by atoms with Crippen molar-refractivity contribution in [2.75, 3.05) is 16.3 Å². The Morgan fingerprint density at radius 1 is 0.824 bits per heavy atom. The summed E-state index contributed by atoms with van der Waals surface area (Å²) in [5.74, 6) is -0.647. The van der Waals surface area contributed by atoms with Crippen molar-refractivity contribution in [3.63, 3.8) is 0 Å². The van der Waals surface area contributed by atoms with E-state index in [0.29, 0.717) is 0 Å². The zero-order chi connectivity index (χ0) is 24.3. The van der Waals surface area contributed by atoms with Gasteiger partial charge in [-0.3, -0.25) is 14.8 Å². The molecule has 1 aromatic heterocycles. The molecule has 0 atom stereocenters. The fourth-order valence-electron chi connectivity index (χ4n) is 3.02. The van der Waals surface area contributed by atoms with Crippen molar-refractivity contribution < 1.29 is 26.0 Å². The average Bonchev–Trinajstić information content (AvgIpc) is 3.27. The molecular formula is C22H18N4O6S2. The van der Waals surface area contributed by atoms with E-state index in [1.165, 1.54) is 48.5 Å². The Kier molecular flexibility index (Phi) is 6.18. The topological polar surface area (TPSA) is 148 Å². The Hall–Kier alpha value is -4.03. The number of hydrogen-bond acceptors (Lipinski definition) is 8. The summed E-state index contributed by atoms with van der Waals surface area (Å²) in [7, 11) is -7.30. The number of sulfonamides is 1. The van der Waals surface area contributed by atoms with Crippen molar-refractivity contribution in [1.29, 1.82) is 0 Å². The normalized spacial score (nSPS) is 11.7. The summed E-state index contributed by atoms with van der Waals surface area (Å²) in [6.07, 6.45) is 1.06. The molecule has 0 aliphatic rings. The minimum absolute atomic E-state index is 0.0186. The van der Waals surface area contributed by atoms with Gasteiger partial charge in [0, 0.05) is 17.5 Å². The smallest absolute Gasteiger partial charge is 0.322 e. The third kappa shape index (κ3) is 5.13. The number of carbonyl (C=O) groups excluding carboxylic acids is 1. The minimum atomic E-state index is -3.76. The molecule has 4 rings (SSSR count). The highest BCUT2D eigenvalue weighted by Crippen LogP contribution is 2.27. The molecule has 0 aliphatic carbocycles. The number of anilines is 2.